The molecule has 2 nitrogen and oxygen atoms in total. The highest BCUT2D eigenvalue weighted by Gasteiger charge is 2.10. The van der Waals surface area contributed by atoms with E-state index in [2.05, 4.69) is 77.2 Å². The van der Waals surface area contributed by atoms with E-state index >= 15 is 0 Å². The number of rotatable bonds is 3. The third-order valence-electron chi connectivity index (χ3n) is 3.12. The SMILES string of the molecule is C/C(=C(\c1ccc(Br)cc1)c1cccnc1)N(C)C. The van der Waals surface area contributed by atoms with E-state index in [4.69, 9.17) is 0 Å². The zero-order valence-electron chi connectivity index (χ0n) is 11.4. The fraction of sp³-hybridized carbons (Fsp3) is 0.188. The van der Waals surface area contributed by atoms with Crippen molar-refractivity contribution in [1.82, 2.24) is 9.88 Å². The molecular formula is C16H17BrN2. The Kier molecular flexibility index (Phi) is 4.38. The number of nitrogens with zero attached hydrogens (tertiary/aromatic N) is 2. The summed E-state index contributed by atoms with van der Waals surface area (Å²) in [5.41, 5.74) is 4.76. The van der Waals surface area contributed by atoms with Crippen LogP contribution in [0.25, 0.3) is 5.57 Å². The first-order valence-corrected chi connectivity index (χ1v) is 6.93. The molecule has 0 saturated carbocycles. The molecule has 0 N–H and O–H groups in total. The Morgan fingerprint density at radius 3 is 2.26 bits per heavy atom. The Balaban J connectivity index is 2.59. The van der Waals surface area contributed by atoms with Crippen molar-refractivity contribution in [1.29, 1.82) is 0 Å². The Morgan fingerprint density at radius 2 is 1.74 bits per heavy atom. The molecule has 0 aliphatic carbocycles. The van der Waals surface area contributed by atoms with Gasteiger partial charge in [-0.1, -0.05) is 34.1 Å². The van der Waals surface area contributed by atoms with Crippen molar-refractivity contribution in [2.45, 2.75) is 6.92 Å². The average molecular weight is 317 g/mol. The molecule has 1 aromatic carbocycles. The maximum Gasteiger partial charge on any atom is 0.0347 e. The monoisotopic (exact) mass is 316 g/mol. The molecule has 0 saturated heterocycles. The first kappa shape index (κ1) is 13.8. The van der Waals surface area contributed by atoms with Crippen LogP contribution < -0.4 is 0 Å². The molecule has 0 aliphatic rings. The number of hydrogen-bond donors (Lipinski definition) is 0. The van der Waals surface area contributed by atoms with Crippen LogP contribution in [0.4, 0.5) is 0 Å². The second-order valence-corrected chi connectivity index (χ2v) is 5.52. The summed E-state index contributed by atoms with van der Waals surface area (Å²) in [6.45, 7) is 2.13. The molecule has 0 unspecified atom stereocenters. The fourth-order valence-electron chi connectivity index (χ4n) is 1.94. The van der Waals surface area contributed by atoms with E-state index in [-0.39, 0.29) is 0 Å². The van der Waals surface area contributed by atoms with Gasteiger partial charge in [0.05, 0.1) is 0 Å². The summed E-state index contributed by atoms with van der Waals surface area (Å²) < 4.78 is 1.09. The second kappa shape index (κ2) is 6.02. The van der Waals surface area contributed by atoms with Gasteiger partial charge in [-0.05, 0) is 30.7 Å². The Hall–Kier alpha value is -1.61. The van der Waals surface area contributed by atoms with Crippen LogP contribution in [0.3, 0.4) is 0 Å². The van der Waals surface area contributed by atoms with Crippen LogP contribution in [-0.4, -0.2) is 24.0 Å². The van der Waals surface area contributed by atoms with Crippen LogP contribution in [-0.2, 0) is 0 Å². The molecule has 1 heterocycles. The predicted octanol–water partition coefficient (Wildman–Crippen LogP) is 4.19. The lowest BCUT2D eigenvalue weighted by atomic mass is 9.97. The van der Waals surface area contributed by atoms with Crippen LogP contribution in [0.1, 0.15) is 18.1 Å². The molecule has 98 valence electrons. The summed E-state index contributed by atoms with van der Waals surface area (Å²) in [4.78, 5) is 6.36. The quantitative estimate of drug-likeness (QED) is 0.844. The number of halogens is 1. The van der Waals surface area contributed by atoms with Gasteiger partial charge in [0, 0.05) is 47.8 Å². The highest BCUT2D eigenvalue weighted by Crippen LogP contribution is 2.28. The summed E-state index contributed by atoms with van der Waals surface area (Å²) in [6.07, 6.45) is 3.71. The maximum absolute atomic E-state index is 4.23. The van der Waals surface area contributed by atoms with E-state index in [1.54, 1.807) is 6.20 Å². The van der Waals surface area contributed by atoms with Crippen molar-refractivity contribution < 1.29 is 0 Å². The lowest BCUT2D eigenvalue weighted by Gasteiger charge is -2.19. The van der Waals surface area contributed by atoms with Crippen LogP contribution in [0, 0.1) is 0 Å². The van der Waals surface area contributed by atoms with Gasteiger partial charge < -0.3 is 4.90 Å². The topological polar surface area (TPSA) is 16.1 Å². The van der Waals surface area contributed by atoms with E-state index in [9.17, 15) is 0 Å². The highest BCUT2D eigenvalue weighted by atomic mass is 79.9. The minimum atomic E-state index is 1.09. The smallest absolute Gasteiger partial charge is 0.0347 e. The number of allylic oxidation sites excluding steroid dienone is 1. The van der Waals surface area contributed by atoms with E-state index in [1.165, 1.54) is 16.8 Å². The molecule has 0 amide bonds. The molecule has 0 aliphatic heterocycles. The summed E-state index contributed by atoms with van der Waals surface area (Å²) in [7, 11) is 4.12. The summed E-state index contributed by atoms with van der Waals surface area (Å²) in [6, 6.07) is 12.4. The maximum atomic E-state index is 4.23. The standard InChI is InChI=1S/C16H17BrN2/c1-12(19(2)3)16(14-5-4-10-18-11-14)13-6-8-15(17)9-7-13/h4-11H,1-3H3/b16-12-. The molecule has 2 aromatic rings. The van der Waals surface area contributed by atoms with Crippen molar-refractivity contribution >= 4 is 21.5 Å². The van der Waals surface area contributed by atoms with Gasteiger partial charge >= 0.3 is 0 Å². The zero-order valence-corrected chi connectivity index (χ0v) is 13.0. The molecule has 0 spiro atoms. The number of benzene rings is 1. The average Bonchev–Trinajstić information content (AvgIpc) is 2.42. The Morgan fingerprint density at radius 1 is 1.05 bits per heavy atom. The summed E-state index contributed by atoms with van der Waals surface area (Å²) in [5.74, 6) is 0. The molecule has 3 heteroatoms. The van der Waals surface area contributed by atoms with Crippen LogP contribution in [0.15, 0.2) is 59.0 Å². The lowest BCUT2D eigenvalue weighted by Crippen LogP contribution is -2.11. The van der Waals surface area contributed by atoms with Crippen molar-refractivity contribution in [3.63, 3.8) is 0 Å². The van der Waals surface area contributed by atoms with Gasteiger partial charge in [-0.3, -0.25) is 4.98 Å². The van der Waals surface area contributed by atoms with Crippen LogP contribution in [0.2, 0.25) is 0 Å². The van der Waals surface area contributed by atoms with E-state index < -0.39 is 0 Å². The van der Waals surface area contributed by atoms with Gasteiger partial charge in [0.2, 0.25) is 0 Å². The summed E-state index contributed by atoms with van der Waals surface area (Å²) >= 11 is 3.48. The van der Waals surface area contributed by atoms with Crippen LogP contribution >= 0.6 is 15.9 Å². The fourth-order valence-corrected chi connectivity index (χ4v) is 2.20. The number of hydrogen-bond acceptors (Lipinski definition) is 2. The largest absolute Gasteiger partial charge is 0.381 e. The molecule has 2 rings (SSSR count). The predicted molar refractivity (Wildman–Crippen MR) is 83.8 cm³/mol. The minimum absolute atomic E-state index is 1.09. The number of pyridine rings is 1. The second-order valence-electron chi connectivity index (χ2n) is 4.60. The van der Waals surface area contributed by atoms with Crippen molar-refractivity contribution in [3.8, 4) is 0 Å². The van der Waals surface area contributed by atoms with Crippen molar-refractivity contribution in [2.75, 3.05) is 14.1 Å². The lowest BCUT2D eigenvalue weighted by molar-refractivity contribution is 0.516. The van der Waals surface area contributed by atoms with Crippen LogP contribution in [0.5, 0.6) is 0 Å². The molecule has 0 radical (unpaired) electrons. The van der Waals surface area contributed by atoms with Gasteiger partial charge in [0.15, 0.2) is 0 Å². The summed E-state index contributed by atoms with van der Waals surface area (Å²) in [5, 5.41) is 0. The Labute approximate surface area is 122 Å². The first-order valence-electron chi connectivity index (χ1n) is 6.14. The third kappa shape index (κ3) is 3.24. The van der Waals surface area contributed by atoms with Gasteiger partial charge in [-0.25, -0.2) is 0 Å². The zero-order chi connectivity index (χ0) is 13.8. The molecule has 0 fully saturated rings. The number of aromatic nitrogens is 1. The molecular weight excluding hydrogens is 300 g/mol. The molecule has 1 aromatic heterocycles. The minimum Gasteiger partial charge on any atom is -0.381 e. The molecule has 19 heavy (non-hydrogen) atoms. The van der Waals surface area contributed by atoms with Crippen molar-refractivity contribution in [2.24, 2.45) is 0 Å². The third-order valence-corrected chi connectivity index (χ3v) is 3.64. The molecule has 0 bridgehead atoms. The highest BCUT2D eigenvalue weighted by molar-refractivity contribution is 9.10. The van der Waals surface area contributed by atoms with E-state index in [0.29, 0.717) is 0 Å². The normalized spacial score (nSPS) is 12.0. The van der Waals surface area contributed by atoms with Gasteiger partial charge in [0.1, 0.15) is 0 Å². The van der Waals surface area contributed by atoms with E-state index in [1.807, 2.05) is 12.3 Å². The Bertz CT molecular complexity index is 571. The van der Waals surface area contributed by atoms with Gasteiger partial charge in [0.25, 0.3) is 0 Å². The van der Waals surface area contributed by atoms with E-state index in [0.717, 1.165) is 10.0 Å². The van der Waals surface area contributed by atoms with Gasteiger partial charge in [-0.15, -0.1) is 0 Å². The first-order chi connectivity index (χ1) is 9.09. The van der Waals surface area contributed by atoms with Gasteiger partial charge in [-0.2, -0.15) is 0 Å². The van der Waals surface area contributed by atoms with Crippen molar-refractivity contribution in [3.05, 3.63) is 70.1 Å². The molecule has 0 atom stereocenters.